The van der Waals surface area contributed by atoms with E-state index >= 15 is 0 Å². The minimum absolute atomic E-state index is 0.178. The molecule has 1 aliphatic carbocycles. The van der Waals surface area contributed by atoms with Crippen molar-refractivity contribution in [2.75, 3.05) is 13.1 Å². The van der Waals surface area contributed by atoms with Gasteiger partial charge in [-0.05, 0) is 33.1 Å². The van der Waals surface area contributed by atoms with Gasteiger partial charge in [-0.15, -0.1) is 0 Å². The summed E-state index contributed by atoms with van der Waals surface area (Å²) in [4.78, 5) is 18.5. The van der Waals surface area contributed by atoms with Crippen LogP contribution in [-0.4, -0.2) is 41.0 Å². The number of oxazole rings is 1. The molecule has 0 spiro atoms. The molecule has 104 valence electrons. The van der Waals surface area contributed by atoms with Gasteiger partial charge in [-0.2, -0.15) is 0 Å². The van der Waals surface area contributed by atoms with E-state index < -0.39 is 0 Å². The van der Waals surface area contributed by atoms with Gasteiger partial charge in [-0.1, -0.05) is 0 Å². The molecular formula is C14H21N3O2. The summed E-state index contributed by atoms with van der Waals surface area (Å²) in [5, 5.41) is 3.02. The minimum atomic E-state index is -0.178. The highest BCUT2D eigenvalue weighted by molar-refractivity contribution is 5.89. The molecule has 5 heteroatoms. The summed E-state index contributed by atoms with van der Waals surface area (Å²) >= 11 is 0. The molecule has 2 aliphatic rings. The predicted octanol–water partition coefficient (Wildman–Crippen LogP) is 1.76. The van der Waals surface area contributed by atoms with Crippen LogP contribution in [0, 0.1) is 0 Å². The van der Waals surface area contributed by atoms with Crippen LogP contribution in [0.5, 0.6) is 0 Å². The molecule has 1 saturated carbocycles. The van der Waals surface area contributed by atoms with Crippen LogP contribution in [-0.2, 0) is 0 Å². The van der Waals surface area contributed by atoms with Crippen molar-refractivity contribution in [3.63, 3.8) is 0 Å². The molecule has 0 bridgehead atoms. The zero-order valence-corrected chi connectivity index (χ0v) is 11.6. The second-order valence-corrected chi connectivity index (χ2v) is 5.89. The maximum Gasteiger partial charge on any atom is 0.307 e. The summed E-state index contributed by atoms with van der Waals surface area (Å²) < 4.78 is 5.52. The van der Waals surface area contributed by atoms with E-state index in [1.165, 1.54) is 0 Å². The highest BCUT2D eigenvalue weighted by atomic mass is 16.4. The Kier molecular flexibility index (Phi) is 3.31. The normalized spacial score (nSPS) is 24.1. The van der Waals surface area contributed by atoms with Gasteiger partial charge in [0.15, 0.2) is 0 Å². The molecule has 0 unspecified atom stereocenters. The molecular weight excluding hydrogens is 242 g/mol. The molecule has 1 aromatic heterocycles. The van der Waals surface area contributed by atoms with Crippen molar-refractivity contribution in [1.82, 2.24) is 15.2 Å². The van der Waals surface area contributed by atoms with Crippen LogP contribution in [0.4, 0.5) is 0 Å². The Hall–Kier alpha value is -1.36. The quantitative estimate of drug-likeness (QED) is 0.899. The molecule has 2 fully saturated rings. The first kappa shape index (κ1) is 12.7. The summed E-state index contributed by atoms with van der Waals surface area (Å²) in [6, 6.07) is 0.747. The number of carbonyl (C=O) groups excluding carboxylic acids is 1. The number of nitrogens with one attached hydrogen (secondary N) is 1. The Bertz CT molecular complexity index is 465. The number of likely N-dealkylation sites (tertiary alicyclic amines) is 1. The van der Waals surface area contributed by atoms with E-state index in [9.17, 15) is 4.79 Å². The van der Waals surface area contributed by atoms with Gasteiger partial charge in [0.25, 0.3) is 5.89 Å². The van der Waals surface area contributed by atoms with E-state index in [4.69, 9.17) is 4.42 Å². The molecule has 1 saturated heterocycles. The van der Waals surface area contributed by atoms with E-state index in [2.05, 4.69) is 29.0 Å². The number of amides is 1. The van der Waals surface area contributed by atoms with E-state index in [-0.39, 0.29) is 17.8 Å². The smallest absolute Gasteiger partial charge is 0.307 e. The molecule has 19 heavy (non-hydrogen) atoms. The maximum absolute atomic E-state index is 12.0. The standard InChI is InChI=1S/C14H21N3O2/c1-9(2)17-6-5-11(8-17)16-13(18)14-15-7-12(19-14)10-3-4-10/h7,9-11H,3-6,8H2,1-2H3,(H,16,18)/t11-/m0/s1. The van der Waals surface area contributed by atoms with Crippen molar-refractivity contribution in [3.8, 4) is 0 Å². The van der Waals surface area contributed by atoms with E-state index in [0.717, 1.165) is 38.1 Å². The second-order valence-electron chi connectivity index (χ2n) is 5.89. The molecule has 0 aromatic carbocycles. The van der Waals surface area contributed by atoms with Gasteiger partial charge in [-0.3, -0.25) is 9.69 Å². The molecule has 1 N–H and O–H groups in total. The Balaban J connectivity index is 1.55. The third-order valence-electron chi connectivity index (χ3n) is 3.98. The van der Waals surface area contributed by atoms with E-state index in [0.29, 0.717) is 12.0 Å². The highest BCUT2D eigenvalue weighted by Gasteiger charge is 2.30. The Morgan fingerprint density at radius 1 is 1.47 bits per heavy atom. The van der Waals surface area contributed by atoms with Crippen LogP contribution in [0.1, 0.15) is 55.5 Å². The molecule has 1 atom stereocenters. The number of aromatic nitrogens is 1. The summed E-state index contributed by atoms with van der Waals surface area (Å²) in [7, 11) is 0. The van der Waals surface area contributed by atoms with Crippen LogP contribution in [0.25, 0.3) is 0 Å². The van der Waals surface area contributed by atoms with E-state index in [1.54, 1.807) is 6.20 Å². The summed E-state index contributed by atoms with van der Waals surface area (Å²) in [6.07, 6.45) is 5.01. The topological polar surface area (TPSA) is 58.4 Å². The SMILES string of the molecule is CC(C)N1CC[C@H](NC(=O)c2ncc(C3CC3)o2)C1. The second kappa shape index (κ2) is 4.96. The van der Waals surface area contributed by atoms with Gasteiger partial charge in [0.1, 0.15) is 5.76 Å². The van der Waals surface area contributed by atoms with Crippen LogP contribution in [0.2, 0.25) is 0 Å². The fourth-order valence-corrected chi connectivity index (χ4v) is 2.57. The van der Waals surface area contributed by atoms with Gasteiger partial charge in [0, 0.05) is 31.1 Å². The largest absolute Gasteiger partial charge is 0.437 e. The van der Waals surface area contributed by atoms with Crippen molar-refractivity contribution in [2.45, 2.75) is 51.1 Å². The number of hydrogen-bond donors (Lipinski definition) is 1. The molecule has 1 amide bonds. The lowest BCUT2D eigenvalue weighted by molar-refractivity contribution is 0.0900. The van der Waals surface area contributed by atoms with Crippen molar-refractivity contribution < 1.29 is 9.21 Å². The predicted molar refractivity (Wildman–Crippen MR) is 71.1 cm³/mol. The Labute approximate surface area is 113 Å². The van der Waals surface area contributed by atoms with Crippen molar-refractivity contribution in [3.05, 3.63) is 17.8 Å². The molecule has 1 aliphatic heterocycles. The van der Waals surface area contributed by atoms with Crippen LogP contribution in [0.15, 0.2) is 10.6 Å². The minimum Gasteiger partial charge on any atom is -0.437 e. The Morgan fingerprint density at radius 2 is 2.26 bits per heavy atom. The third kappa shape index (κ3) is 2.81. The Morgan fingerprint density at radius 3 is 2.89 bits per heavy atom. The first-order valence-electron chi connectivity index (χ1n) is 7.14. The number of rotatable bonds is 4. The maximum atomic E-state index is 12.0. The van der Waals surface area contributed by atoms with Gasteiger partial charge >= 0.3 is 5.91 Å². The lowest BCUT2D eigenvalue weighted by Gasteiger charge is -2.20. The van der Waals surface area contributed by atoms with E-state index in [1.807, 2.05) is 0 Å². The first-order chi connectivity index (χ1) is 9.13. The first-order valence-corrected chi connectivity index (χ1v) is 7.14. The molecule has 1 aromatic rings. The van der Waals surface area contributed by atoms with Gasteiger partial charge in [0.05, 0.1) is 6.20 Å². The summed E-state index contributed by atoms with van der Waals surface area (Å²) in [5.74, 6) is 1.39. The zero-order valence-electron chi connectivity index (χ0n) is 11.6. The van der Waals surface area contributed by atoms with Crippen LogP contribution < -0.4 is 5.32 Å². The average Bonchev–Trinajstić information content (AvgIpc) is 2.92. The highest BCUT2D eigenvalue weighted by Crippen LogP contribution is 2.40. The fraction of sp³-hybridized carbons (Fsp3) is 0.714. The average molecular weight is 263 g/mol. The van der Waals surface area contributed by atoms with Crippen LogP contribution in [0.3, 0.4) is 0 Å². The van der Waals surface area contributed by atoms with Crippen molar-refractivity contribution in [2.24, 2.45) is 0 Å². The van der Waals surface area contributed by atoms with Crippen LogP contribution >= 0.6 is 0 Å². The number of nitrogens with zero attached hydrogens (tertiary/aromatic N) is 2. The lowest BCUT2D eigenvalue weighted by Crippen LogP contribution is -2.38. The fourth-order valence-electron chi connectivity index (χ4n) is 2.57. The molecule has 0 radical (unpaired) electrons. The number of hydrogen-bond acceptors (Lipinski definition) is 4. The van der Waals surface area contributed by atoms with Crippen molar-refractivity contribution >= 4 is 5.91 Å². The molecule has 3 rings (SSSR count). The molecule has 2 heterocycles. The molecule has 5 nitrogen and oxygen atoms in total. The third-order valence-corrected chi connectivity index (χ3v) is 3.98. The monoisotopic (exact) mass is 263 g/mol. The van der Waals surface area contributed by atoms with Gasteiger partial charge in [-0.25, -0.2) is 4.98 Å². The zero-order chi connectivity index (χ0) is 13.4. The number of carbonyl (C=O) groups is 1. The van der Waals surface area contributed by atoms with Crippen molar-refractivity contribution in [1.29, 1.82) is 0 Å². The summed E-state index contributed by atoms with van der Waals surface area (Å²) in [5.41, 5.74) is 0. The lowest BCUT2D eigenvalue weighted by atomic mass is 10.2. The van der Waals surface area contributed by atoms with Gasteiger partial charge < -0.3 is 9.73 Å². The summed E-state index contributed by atoms with van der Waals surface area (Å²) in [6.45, 7) is 6.32. The van der Waals surface area contributed by atoms with Gasteiger partial charge in [0.2, 0.25) is 0 Å².